The summed E-state index contributed by atoms with van der Waals surface area (Å²) in [5.41, 5.74) is 2.56. The fourth-order valence-corrected chi connectivity index (χ4v) is 4.74. The smallest absolute Gasteiger partial charge is 0.405 e. The number of halogens is 6. The Kier molecular flexibility index (Phi) is 11.0. The number of benzene rings is 2. The van der Waals surface area contributed by atoms with Gasteiger partial charge in [0.1, 0.15) is 11.6 Å². The van der Waals surface area contributed by atoms with Gasteiger partial charge < -0.3 is 20.3 Å². The van der Waals surface area contributed by atoms with E-state index < -0.39 is 6.36 Å². The molecule has 0 aliphatic heterocycles. The van der Waals surface area contributed by atoms with E-state index in [1.165, 1.54) is 6.07 Å². The largest absolute Gasteiger partial charge is 0.573 e. The Morgan fingerprint density at radius 3 is 2.33 bits per heavy atom. The number of hydrogen-bond donors (Lipinski definition) is 2. The highest BCUT2D eigenvalue weighted by atomic mass is 79.9. The summed E-state index contributed by atoms with van der Waals surface area (Å²) in [5.74, 6) is 0.686. The molecule has 0 bridgehead atoms. The van der Waals surface area contributed by atoms with Gasteiger partial charge in [0.25, 0.3) is 0 Å². The van der Waals surface area contributed by atoms with Crippen LogP contribution in [0.1, 0.15) is 31.2 Å². The van der Waals surface area contributed by atoms with Crippen LogP contribution in [0.15, 0.2) is 53.0 Å². The second kappa shape index (κ2) is 13.0. The van der Waals surface area contributed by atoms with E-state index in [2.05, 4.69) is 48.3 Å². The van der Waals surface area contributed by atoms with Crippen molar-refractivity contribution in [2.24, 2.45) is 0 Å². The average molecular weight is 610 g/mol. The number of alkyl halides is 3. The first-order valence-corrected chi connectivity index (χ1v) is 12.1. The van der Waals surface area contributed by atoms with Crippen LogP contribution in [0.5, 0.6) is 5.75 Å². The Hall–Kier alpha value is -1.94. The van der Waals surface area contributed by atoms with E-state index in [9.17, 15) is 13.2 Å². The third-order valence-corrected chi connectivity index (χ3v) is 6.58. The molecule has 0 amide bonds. The molecule has 2 aromatic carbocycles. The van der Waals surface area contributed by atoms with Crippen LogP contribution in [-0.2, 0) is 6.54 Å². The Morgan fingerprint density at radius 1 is 1.00 bits per heavy atom. The van der Waals surface area contributed by atoms with Crippen LogP contribution in [0.2, 0.25) is 0 Å². The number of fused-ring (bicyclic) bond motifs is 1. The number of anilines is 2. The molecule has 0 saturated heterocycles. The Balaban J connectivity index is 0.00000228. The van der Waals surface area contributed by atoms with Crippen molar-refractivity contribution in [2.75, 3.05) is 24.3 Å². The lowest BCUT2D eigenvalue weighted by atomic mass is 9.91. The summed E-state index contributed by atoms with van der Waals surface area (Å²) in [7, 11) is 4.05. The molecule has 1 saturated carbocycles. The number of hydrogen-bond acceptors (Lipinski definition) is 5. The van der Waals surface area contributed by atoms with Gasteiger partial charge in [0.05, 0.1) is 5.52 Å². The minimum atomic E-state index is -4.72. The fraction of sp³-hybridized carbons (Fsp3) is 0.400. The molecule has 0 unspecified atom stereocenters. The zero-order valence-electron chi connectivity index (χ0n) is 19.9. The van der Waals surface area contributed by atoms with Crippen LogP contribution in [-0.4, -0.2) is 37.5 Å². The first-order chi connectivity index (χ1) is 16.2. The van der Waals surface area contributed by atoms with Crippen LogP contribution in [0.25, 0.3) is 10.9 Å². The van der Waals surface area contributed by atoms with Gasteiger partial charge in [0.15, 0.2) is 0 Å². The average Bonchev–Trinajstić information content (AvgIpc) is 2.78. The zero-order chi connectivity index (χ0) is 24.3. The maximum atomic E-state index is 12.8. The molecule has 11 heteroatoms. The molecule has 0 radical (unpaired) electrons. The Bertz CT molecular complexity index is 1140. The molecule has 2 N–H and O–H groups in total. The summed E-state index contributed by atoms with van der Waals surface area (Å²) in [6.07, 6.45) is -0.955. The molecule has 3 aromatic rings. The zero-order valence-corrected chi connectivity index (χ0v) is 23.2. The van der Waals surface area contributed by atoms with Crippen molar-refractivity contribution in [3.63, 3.8) is 0 Å². The Morgan fingerprint density at radius 2 is 1.67 bits per heavy atom. The van der Waals surface area contributed by atoms with Crippen molar-refractivity contribution < 1.29 is 17.9 Å². The summed E-state index contributed by atoms with van der Waals surface area (Å²) < 4.78 is 43.0. The van der Waals surface area contributed by atoms with Crippen LogP contribution in [0.3, 0.4) is 0 Å². The predicted molar refractivity (Wildman–Crippen MR) is 148 cm³/mol. The minimum absolute atomic E-state index is 0. The number of nitrogens with one attached hydrogen (secondary N) is 2. The molecule has 1 aliphatic carbocycles. The number of rotatable bonds is 7. The van der Waals surface area contributed by atoms with Gasteiger partial charge in [0.2, 0.25) is 0 Å². The number of aromatic nitrogens is 1. The van der Waals surface area contributed by atoms with Gasteiger partial charge in [0, 0.05) is 59.9 Å². The second-order valence-corrected chi connectivity index (χ2v) is 9.73. The highest BCUT2D eigenvalue weighted by Gasteiger charge is 2.32. The molecule has 1 aromatic heterocycles. The molecule has 1 fully saturated rings. The molecule has 5 nitrogen and oxygen atoms in total. The summed E-state index contributed by atoms with van der Waals surface area (Å²) in [6.45, 7) is 0.319. The summed E-state index contributed by atoms with van der Waals surface area (Å²) >= 11 is 3.21. The number of ether oxygens (including phenoxy) is 1. The molecule has 1 heterocycles. The van der Waals surface area contributed by atoms with Crippen molar-refractivity contribution in [2.45, 2.75) is 50.7 Å². The number of para-hydroxylation sites is 1. The topological polar surface area (TPSA) is 49.4 Å². The van der Waals surface area contributed by atoms with Crippen LogP contribution >= 0.6 is 40.7 Å². The van der Waals surface area contributed by atoms with Crippen LogP contribution in [0.4, 0.5) is 24.7 Å². The predicted octanol–water partition coefficient (Wildman–Crippen LogP) is 7.32. The van der Waals surface area contributed by atoms with Gasteiger partial charge in [-0.05, 0) is 43.9 Å². The Labute approximate surface area is 230 Å². The van der Waals surface area contributed by atoms with E-state index in [0.29, 0.717) is 22.6 Å². The SMILES string of the molecule is CN(C)c1cc(NC2CCC(NCc3ccc(Br)cc3OC(F)(F)F)CC2)nc2ccccc12.Cl.Cl. The van der Waals surface area contributed by atoms with Crippen molar-refractivity contribution in [1.29, 1.82) is 0 Å². The second-order valence-electron chi connectivity index (χ2n) is 8.81. The van der Waals surface area contributed by atoms with E-state index in [1.807, 2.05) is 32.3 Å². The number of pyridine rings is 1. The number of nitrogens with zero attached hydrogens (tertiary/aromatic N) is 2. The van der Waals surface area contributed by atoms with Crippen LogP contribution < -0.4 is 20.3 Å². The fourth-order valence-electron chi connectivity index (χ4n) is 4.40. The van der Waals surface area contributed by atoms with Gasteiger partial charge in [-0.2, -0.15) is 0 Å². The van der Waals surface area contributed by atoms with Gasteiger partial charge in [-0.1, -0.05) is 40.2 Å². The molecule has 0 spiro atoms. The van der Waals surface area contributed by atoms with Crippen molar-refractivity contribution in [1.82, 2.24) is 10.3 Å². The summed E-state index contributed by atoms with van der Waals surface area (Å²) in [6, 6.07) is 15.5. The first-order valence-electron chi connectivity index (χ1n) is 11.3. The molecule has 36 heavy (non-hydrogen) atoms. The highest BCUT2D eigenvalue weighted by Crippen LogP contribution is 2.31. The third-order valence-electron chi connectivity index (χ3n) is 6.09. The maximum Gasteiger partial charge on any atom is 0.573 e. The van der Waals surface area contributed by atoms with E-state index >= 15 is 0 Å². The molecular weight excluding hydrogens is 580 g/mol. The van der Waals surface area contributed by atoms with Gasteiger partial charge in [-0.15, -0.1) is 38.0 Å². The maximum absolute atomic E-state index is 12.8. The van der Waals surface area contributed by atoms with E-state index in [0.717, 1.165) is 48.1 Å². The molecule has 1 aliphatic rings. The summed E-state index contributed by atoms with van der Waals surface area (Å²) in [4.78, 5) is 6.88. The minimum Gasteiger partial charge on any atom is -0.405 e. The lowest BCUT2D eigenvalue weighted by Crippen LogP contribution is -2.37. The van der Waals surface area contributed by atoms with E-state index in [4.69, 9.17) is 4.98 Å². The molecule has 4 rings (SSSR count). The van der Waals surface area contributed by atoms with E-state index in [1.54, 1.807) is 12.1 Å². The summed E-state index contributed by atoms with van der Waals surface area (Å²) in [5, 5.41) is 8.11. The lowest BCUT2D eigenvalue weighted by Gasteiger charge is -2.30. The van der Waals surface area contributed by atoms with Gasteiger partial charge >= 0.3 is 6.36 Å². The standard InChI is InChI=1S/C25H28BrF3N4O.2ClH/c1-33(2)22-14-24(32-21-6-4-3-5-20(21)22)31-19-11-9-18(10-12-19)30-15-16-7-8-17(26)13-23(16)34-25(27,28)29;;/h3-8,13-14,18-19,30H,9-12,15H2,1-2H3,(H,31,32);2*1H. The molecule has 0 atom stereocenters. The normalized spacial score (nSPS) is 17.6. The van der Waals surface area contributed by atoms with Crippen LogP contribution in [0, 0.1) is 0 Å². The van der Waals surface area contributed by atoms with Crippen molar-refractivity contribution in [3.05, 3.63) is 58.6 Å². The third kappa shape index (κ3) is 8.03. The highest BCUT2D eigenvalue weighted by molar-refractivity contribution is 9.10. The molecule has 198 valence electrons. The van der Waals surface area contributed by atoms with E-state index in [-0.39, 0.29) is 36.6 Å². The van der Waals surface area contributed by atoms with Gasteiger partial charge in [-0.3, -0.25) is 0 Å². The lowest BCUT2D eigenvalue weighted by molar-refractivity contribution is -0.274. The molecular formula is C25H30BrCl2F3N4O. The quantitative estimate of drug-likeness (QED) is 0.294. The van der Waals surface area contributed by atoms with Crippen molar-refractivity contribution >= 4 is 63.2 Å². The monoisotopic (exact) mass is 608 g/mol. The van der Waals surface area contributed by atoms with Crippen molar-refractivity contribution in [3.8, 4) is 5.75 Å². The van der Waals surface area contributed by atoms with Gasteiger partial charge in [-0.25, -0.2) is 4.98 Å². The first kappa shape index (κ1) is 30.3.